The van der Waals surface area contributed by atoms with E-state index in [0.29, 0.717) is 5.11 Å². The molecule has 2 aromatic heterocycles. The summed E-state index contributed by atoms with van der Waals surface area (Å²) < 4.78 is 7.99. The van der Waals surface area contributed by atoms with Gasteiger partial charge in [-0.25, -0.2) is 4.79 Å². The quantitative estimate of drug-likeness (QED) is 0.230. The van der Waals surface area contributed by atoms with Gasteiger partial charge in [0.05, 0.1) is 17.3 Å². The van der Waals surface area contributed by atoms with Gasteiger partial charge >= 0.3 is 5.97 Å². The molecular weight excluding hydrogens is 508 g/mol. The molecule has 7 nitrogen and oxygen atoms in total. The number of hydrogen-bond donors (Lipinski definition) is 2. The number of nitrogens with one attached hydrogen (secondary N) is 1. The number of carbonyl (C=O) groups is 1. The van der Waals surface area contributed by atoms with E-state index < -0.39 is 5.97 Å². The number of ether oxygens (including phenoxy) is 1. The van der Waals surface area contributed by atoms with Crippen molar-refractivity contribution in [2.75, 3.05) is 4.90 Å². The molecule has 5 aromatic rings. The van der Waals surface area contributed by atoms with Crippen molar-refractivity contribution in [3.05, 3.63) is 139 Å². The number of carboxylic acids is 1. The van der Waals surface area contributed by atoms with Crippen LogP contribution in [-0.4, -0.2) is 25.7 Å². The molecule has 0 bridgehead atoms. The standard InChI is InChI=1S/C31H24N4O3S/c36-30(37)21-8-6-9-23(20-21)34-19-7-13-27(34)29-28(26-12-4-5-18-32-26)33-31(39)35(29)22-14-16-25(17-15-22)38-24-10-2-1-3-11-24/h1-20,28-29H,(H,33,39)(H,36,37)/t28-,29+/m0/s1. The number of carboxylic acid groups (broad SMARTS) is 1. The minimum atomic E-state index is -0.972. The Morgan fingerprint density at radius 3 is 2.36 bits per heavy atom. The average Bonchev–Trinajstić information content (AvgIpc) is 3.59. The molecule has 39 heavy (non-hydrogen) atoms. The molecule has 1 aliphatic heterocycles. The summed E-state index contributed by atoms with van der Waals surface area (Å²) in [5, 5.41) is 13.6. The lowest BCUT2D eigenvalue weighted by molar-refractivity contribution is 0.0697. The molecule has 2 atom stereocenters. The van der Waals surface area contributed by atoms with E-state index in [9.17, 15) is 9.90 Å². The number of aromatic carboxylic acids is 1. The fourth-order valence-corrected chi connectivity index (χ4v) is 5.24. The van der Waals surface area contributed by atoms with Crippen LogP contribution in [0.1, 0.15) is 33.8 Å². The van der Waals surface area contributed by atoms with E-state index in [1.165, 1.54) is 0 Å². The number of thiocarbonyl (C=S) groups is 1. The van der Waals surface area contributed by atoms with Crippen LogP contribution in [0.2, 0.25) is 0 Å². The fourth-order valence-electron chi connectivity index (χ4n) is 4.89. The third-order valence-corrected chi connectivity index (χ3v) is 6.96. The summed E-state index contributed by atoms with van der Waals surface area (Å²) in [5.74, 6) is 0.507. The van der Waals surface area contributed by atoms with E-state index in [-0.39, 0.29) is 17.6 Å². The lowest BCUT2D eigenvalue weighted by Gasteiger charge is -2.29. The van der Waals surface area contributed by atoms with E-state index in [2.05, 4.69) is 15.2 Å². The number of anilines is 1. The summed E-state index contributed by atoms with van der Waals surface area (Å²) in [4.78, 5) is 18.4. The van der Waals surface area contributed by atoms with Crippen LogP contribution in [-0.2, 0) is 0 Å². The lowest BCUT2D eigenvalue weighted by atomic mass is 10.0. The molecule has 6 rings (SSSR count). The van der Waals surface area contributed by atoms with Crippen LogP contribution in [0.4, 0.5) is 5.69 Å². The normalized spacial score (nSPS) is 16.6. The molecule has 0 spiro atoms. The summed E-state index contributed by atoms with van der Waals surface area (Å²) in [6.45, 7) is 0. The van der Waals surface area contributed by atoms with Crippen LogP contribution in [0, 0.1) is 0 Å². The molecule has 3 heterocycles. The van der Waals surface area contributed by atoms with E-state index >= 15 is 0 Å². The second kappa shape index (κ2) is 10.4. The Balaban J connectivity index is 1.41. The smallest absolute Gasteiger partial charge is 0.335 e. The zero-order chi connectivity index (χ0) is 26.8. The highest BCUT2D eigenvalue weighted by molar-refractivity contribution is 7.80. The predicted octanol–water partition coefficient (Wildman–Crippen LogP) is 6.54. The van der Waals surface area contributed by atoms with Crippen molar-refractivity contribution < 1.29 is 14.6 Å². The van der Waals surface area contributed by atoms with Crippen LogP contribution in [0.5, 0.6) is 11.5 Å². The Morgan fingerprint density at radius 1 is 0.846 bits per heavy atom. The molecule has 192 valence electrons. The van der Waals surface area contributed by atoms with Gasteiger partial charge in [0.2, 0.25) is 0 Å². The van der Waals surface area contributed by atoms with Gasteiger partial charge in [0.25, 0.3) is 0 Å². The predicted molar refractivity (Wildman–Crippen MR) is 154 cm³/mol. The molecule has 2 N–H and O–H groups in total. The van der Waals surface area contributed by atoms with Crippen LogP contribution < -0.4 is 15.0 Å². The van der Waals surface area contributed by atoms with E-state index in [0.717, 1.165) is 34.3 Å². The van der Waals surface area contributed by atoms with Gasteiger partial charge in [0.1, 0.15) is 17.5 Å². The van der Waals surface area contributed by atoms with Crippen molar-refractivity contribution in [3.8, 4) is 17.2 Å². The third kappa shape index (κ3) is 4.85. The van der Waals surface area contributed by atoms with Crippen molar-refractivity contribution in [2.45, 2.75) is 12.1 Å². The highest BCUT2D eigenvalue weighted by Crippen LogP contribution is 2.42. The SMILES string of the molecule is O=C(O)c1cccc(-n2cccc2[C@@H]2[C@H](c3ccccn3)NC(=S)N2c2ccc(Oc3ccccc3)cc2)c1. The highest BCUT2D eigenvalue weighted by atomic mass is 32.1. The van der Waals surface area contributed by atoms with Crippen molar-refractivity contribution in [2.24, 2.45) is 0 Å². The van der Waals surface area contributed by atoms with Gasteiger partial charge in [-0.3, -0.25) is 4.98 Å². The number of pyridine rings is 1. The summed E-state index contributed by atoms with van der Waals surface area (Å²) in [6, 6.07) is 33.6. The average molecular weight is 533 g/mol. The molecule has 1 aliphatic rings. The number of aromatic nitrogens is 2. The summed E-state index contributed by atoms with van der Waals surface area (Å²) in [6.07, 6.45) is 3.70. The van der Waals surface area contributed by atoms with E-state index in [4.69, 9.17) is 17.0 Å². The summed E-state index contributed by atoms with van der Waals surface area (Å²) >= 11 is 5.87. The Kier molecular flexibility index (Phi) is 6.52. The van der Waals surface area contributed by atoms with E-state index in [1.54, 1.807) is 24.4 Å². The second-order valence-electron chi connectivity index (χ2n) is 9.06. The Hall–Kier alpha value is -4.95. The second-order valence-corrected chi connectivity index (χ2v) is 9.45. The molecule has 0 unspecified atom stereocenters. The number of para-hydroxylation sites is 1. The number of rotatable bonds is 7. The van der Waals surface area contributed by atoms with Crippen LogP contribution in [0.15, 0.2) is 122 Å². The lowest BCUT2D eigenvalue weighted by Crippen LogP contribution is -2.30. The molecule has 0 saturated carbocycles. The van der Waals surface area contributed by atoms with Crippen LogP contribution in [0.25, 0.3) is 5.69 Å². The molecular formula is C31H24N4O3S. The summed E-state index contributed by atoms with van der Waals surface area (Å²) in [5.41, 5.74) is 3.65. The van der Waals surface area contributed by atoms with Gasteiger partial charge < -0.3 is 24.6 Å². The van der Waals surface area contributed by atoms with Crippen LogP contribution >= 0.6 is 12.2 Å². The van der Waals surface area contributed by atoms with Gasteiger partial charge in [0.15, 0.2) is 5.11 Å². The monoisotopic (exact) mass is 532 g/mol. The minimum absolute atomic E-state index is 0.222. The van der Waals surface area contributed by atoms with Crippen LogP contribution in [0.3, 0.4) is 0 Å². The molecule has 8 heteroatoms. The van der Waals surface area contributed by atoms with Gasteiger partial charge in [-0.1, -0.05) is 30.3 Å². The molecule has 0 radical (unpaired) electrons. The maximum atomic E-state index is 11.7. The molecule has 3 aromatic carbocycles. The first kappa shape index (κ1) is 24.4. The number of hydrogen-bond acceptors (Lipinski definition) is 4. The molecule has 0 amide bonds. The molecule has 1 saturated heterocycles. The van der Waals surface area contributed by atoms with Crippen molar-refractivity contribution in [1.82, 2.24) is 14.9 Å². The van der Waals surface area contributed by atoms with Gasteiger partial charge in [-0.05, 0) is 91.1 Å². The number of benzene rings is 3. The zero-order valence-corrected chi connectivity index (χ0v) is 21.5. The molecule has 1 fully saturated rings. The van der Waals surface area contributed by atoms with Gasteiger partial charge in [-0.15, -0.1) is 0 Å². The van der Waals surface area contributed by atoms with Crippen molar-refractivity contribution in [3.63, 3.8) is 0 Å². The highest BCUT2D eigenvalue weighted by Gasteiger charge is 2.42. The van der Waals surface area contributed by atoms with Gasteiger partial charge in [-0.2, -0.15) is 0 Å². The Bertz CT molecular complexity index is 1620. The minimum Gasteiger partial charge on any atom is -0.478 e. The first-order valence-electron chi connectivity index (χ1n) is 12.4. The molecule has 0 aliphatic carbocycles. The zero-order valence-electron chi connectivity index (χ0n) is 20.7. The largest absolute Gasteiger partial charge is 0.478 e. The fraction of sp³-hybridized carbons (Fsp3) is 0.0645. The van der Waals surface area contributed by atoms with Crippen molar-refractivity contribution in [1.29, 1.82) is 0 Å². The third-order valence-electron chi connectivity index (χ3n) is 6.65. The number of nitrogens with zero attached hydrogens (tertiary/aromatic N) is 3. The van der Waals surface area contributed by atoms with Crippen molar-refractivity contribution >= 4 is 29.0 Å². The topological polar surface area (TPSA) is 79.6 Å². The Morgan fingerprint density at radius 2 is 1.62 bits per heavy atom. The maximum Gasteiger partial charge on any atom is 0.335 e. The maximum absolute atomic E-state index is 11.7. The first-order chi connectivity index (χ1) is 19.1. The van der Waals surface area contributed by atoms with E-state index in [1.807, 2.05) is 102 Å². The Labute approximate surface area is 230 Å². The van der Waals surface area contributed by atoms with Gasteiger partial charge in [0, 0.05) is 29.5 Å². The summed E-state index contributed by atoms with van der Waals surface area (Å²) in [7, 11) is 0. The first-order valence-corrected chi connectivity index (χ1v) is 12.8.